The Bertz CT molecular complexity index is 1170. The third kappa shape index (κ3) is 1.39. The highest BCUT2D eigenvalue weighted by atomic mass is 32.3. The van der Waals surface area contributed by atoms with Crippen LogP contribution in [-0.4, -0.2) is 21.9 Å². The van der Waals surface area contributed by atoms with E-state index in [1.54, 1.807) is 0 Å². The molecule has 2 nitrogen and oxygen atoms in total. The lowest BCUT2D eigenvalue weighted by Crippen LogP contribution is -2.30. The zero-order valence-corrected chi connectivity index (χ0v) is 15.7. The van der Waals surface area contributed by atoms with E-state index >= 15 is 0 Å². The number of nitrogens with zero attached hydrogens (tertiary/aromatic N) is 2. The van der Waals surface area contributed by atoms with Gasteiger partial charge in [0.15, 0.2) is 0 Å². The van der Waals surface area contributed by atoms with E-state index in [0.29, 0.717) is 0 Å². The van der Waals surface area contributed by atoms with Crippen molar-refractivity contribution >= 4 is 37.4 Å². The normalized spacial score (nSPS) is 19.4. The van der Waals surface area contributed by atoms with Crippen molar-refractivity contribution in [3.05, 3.63) is 53.7 Å². The maximum Gasteiger partial charge on any atom is 0.146 e. The Morgan fingerprint density at radius 3 is 2.33 bits per heavy atom. The number of hydrogen-bond acceptors (Lipinski definition) is 1. The Labute approximate surface area is 143 Å². The molecule has 2 aromatic heterocycles. The maximum absolute atomic E-state index is 5.04. The van der Waals surface area contributed by atoms with Gasteiger partial charge >= 0.3 is 0 Å². The summed E-state index contributed by atoms with van der Waals surface area (Å²) in [6, 6.07) is 15.5. The molecule has 5 rings (SSSR count). The maximum atomic E-state index is 5.04. The van der Waals surface area contributed by atoms with Crippen LogP contribution < -0.4 is 0 Å². The third-order valence-corrected chi connectivity index (χ3v) is 10.3. The second kappa shape index (κ2) is 4.15. The highest BCUT2D eigenvalue weighted by Crippen LogP contribution is 2.68. The molecule has 0 saturated carbocycles. The minimum atomic E-state index is -1.03. The number of fused-ring (bicyclic) bond motifs is 3. The van der Waals surface area contributed by atoms with Gasteiger partial charge in [0.1, 0.15) is 5.65 Å². The van der Waals surface area contributed by atoms with E-state index in [9.17, 15) is 0 Å². The van der Waals surface area contributed by atoms with Gasteiger partial charge in [-0.15, -0.1) is 0 Å². The first-order chi connectivity index (χ1) is 11.4. The predicted molar refractivity (Wildman–Crippen MR) is 106 cm³/mol. The molecule has 2 aromatic carbocycles. The van der Waals surface area contributed by atoms with Crippen LogP contribution in [0.1, 0.15) is 25.1 Å². The minimum absolute atomic E-state index is 0.128. The van der Waals surface area contributed by atoms with E-state index in [-0.39, 0.29) is 4.75 Å². The number of benzene rings is 2. The molecular formula is C21H22N2S. The highest BCUT2D eigenvalue weighted by molar-refractivity contribution is 8.33. The molecule has 0 unspecified atom stereocenters. The van der Waals surface area contributed by atoms with Crippen LogP contribution in [-0.2, 0) is 4.75 Å². The minimum Gasteiger partial charge on any atom is -0.287 e. The summed E-state index contributed by atoms with van der Waals surface area (Å²) >= 11 is 0. The molecule has 0 saturated heterocycles. The Morgan fingerprint density at radius 1 is 0.917 bits per heavy atom. The van der Waals surface area contributed by atoms with E-state index in [1.165, 1.54) is 38.0 Å². The standard InChI is InChI=1S/C21H22N2S/c1-13-20-23-18-15(14-9-6-7-10-16(14)19(23)22-13)11-8-12-17(18)21(2,3)24(20,4)5/h6-12H,1-5H3. The molecule has 0 atom stereocenters. The first-order valence-corrected chi connectivity index (χ1v) is 10.9. The van der Waals surface area contributed by atoms with Gasteiger partial charge in [0, 0.05) is 15.5 Å². The van der Waals surface area contributed by atoms with Gasteiger partial charge in [-0.25, -0.2) is 4.98 Å². The summed E-state index contributed by atoms with van der Waals surface area (Å²) in [5, 5.41) is 5.35. The Hall–Kier alpha value is -2.00. The first-order valence-electron chi connectivity index (χ1n) is 8.41. The van der Waals surface area contributed by atoms with Crippen molar-refractivity contribution in [3.8, 4) is 0 Å². The van der Waals surface area contributed by atoms with Crippen molar-refractivity contribution in [3.63, 3.8) is 0 Å². The van der Waals surface area contributed by atoms with E-state index in [1.807, 2.05) is 0 Å². The Balaban J connectivity index is 2.24. The van der Waals surface area contributed by atoms with Crippen LogP contribution in [0.5, 0.6) is 0 Å². The fourth-order valence-electron chi connectivity index (χ4n) is 4.42. The quantitative estimate of drug-likeness (QED) is 0.381. The van der Waals surface area contributed by atoms with Crippen LogP contribution >= 0.6 is 10.0 Å². The number of imidazole rings is 1. The van der Waals surface area contributed by atoms with Crippen molar-refractivity contribution in [1.29, 1.82) is 0 Å². The first kappa shape index (κ1) is 14.4. The largest absolute Gasteiger partial charge is 0.287 e. The number of rotatable bonds is 0. The lowest BCUT2D eigenvalue weighted by atomic mass is 9.96. The van der Waals surface area contributed by atoms with E-state index in [4.69, 9.17) is 4.98 Å². The number of pyridine rings is 1. The van der Waals surface area contributed by atoms with E-state index < -0.39 is 10.0 Å². The van der Waals surface area contributed by atoms with Gasteiger partial charge < -0.3 is 0 Å². The number of aryl methyl sites for hydroxylation is 1. The number of para-hydroxylation sites is 1. The van der Waals surface area contributed by atoms with Crippen molar-refractivity contribution < 1.29 is 0 Å². The third-order valence-electron chi connectivity index (χ3n) is 6.12. The van der Waals surface area contributed by atoms with Crippen LogP contribution in [0, 0.1) is 6.92 Å². The summed E-state index contributed by atoms with van der Waals surface area (Å²) in [5.41, 5.74) is 5.13. The molecule has 122 valence electrons. The molecule has 0 aliphatic carbocycles. The predicted octanol–water partition coefficient (Wildman–Crippen LogP) is 5.62. The Morgan fingerprint density at radius 2 is 1.58 bits per heavy atom. The van der Waals surface area contributed by atoms with Gasteiger partial charge in [-0.05, 0) is 44.2 Å². The summed E-state index contributed by atoms with van der Waals surface area (Å²) in [6.45, 7) is 7.00. The van der Waals surface area contributed by atoms with Crippen molar-refractivity contribution in [2.24, 2.45) is 0 Å². The molecule has 1 aliphatic heterocycles. The second-order valence-corrected chi connectivity index (χ2v) is 11.8. The van der Waals surface area contributed by atoms with Crippen LogP contribution in [0.25, 0.3) is 27.3 Å². The van der Waals surface area contributed by atoms with Gasteiger partial charge in [-0.2, -0.15) is 10.0 Å². The monoisotopic (exact) mass is 334 g/mol. The molecule has 3 heteroatoms. The number of hydrogen-bond donors (Lipinski definition) is 0. The summed E-state index contributed by atoms with van der Waals surface area (Å²) in [6.07, 6.45) is 4.89. The fourth-order valence-corrected chi connectivity index (χ4v) is 7.03. The van der Waals surface area contributed by atoms with Gasteiger partial charge in [0.2, 0.25) is 0 Å². The molecular weight excluding hydrogens is 312 g/mol. The topological polar surface area (TPSA) is 17.3 Å². The van der Waals surface area contributed by atoms with E-state index in [0.717, 1.165) is 5.65 Å². The molecule has 0 radical (unpaired) electrons. The molecule has 0 bridgehead atoms. The molecule has 0 N–H and O–H groups in total. The fraction of sp³-hybridized carbons (Fsp3) is 0.286. The van der Waals surface area contributed by atoms with Gasteiger partial charge in [0.25, 0.3) is 0 Å². The van der Waals surface area contributed by atoms with Crippen LogP contribution in [0.15, 0.2) is 47.5 Å². The average Bonchev–Trinajstić information content (AvgIpc) is 2.91. The van der Waals surface area contributed by atoms with E-state index in [2.05, 4.69) is 80.1 Å². The average molecular weight is 334 g/mol. The Kier molecular flexibility index (Phi) is 2.48. The molecule has 24 heavy (non-hydrogen) atoms. The van der Waals surface area contributed by atoms with Gasteiger partial charge in [0.05, 0.1) is 16.2 Å². The van der Waals surface area contributed by atoms with Gasteiger partial charge in [-0.1, -0.05) is 42.5 Å². The summed E-state index contributed by atoms with van der Waals surface area (Å²) in [7, 11) is -1.03. The summed E-state index contributed by atoms with van der Waals surface area (Å²) < 4.78 is 2.60. The SMILES string of the molecule is Cc1nc2c3ccccc3c3cccc4c3n2c1S(C)(C)C4(C)C. The van der Waals surface area contributed by atoms with Crippen molar-refractivity contribution in [2.45, 2.75) is 30.5 Å². The molecule has 3 heterocycles. The molecule has 1 aliphatic rings. The molecule has 0 spiro atoms. The van der Waals surface area contributed by atoms with Crippen molar-refractivity contribution in [1.82, 2.24) is 9.38 Å². The van der Waals surface area contributed by atoms with Gasteiger partial charge in [-0.3, -0.25) is 4.40 Å². The van der Waals surface area contributed by atoms with Crippen LogP contribution in [0.4, 0.5) is 0 Å². The van der Waals surface area contributed by atoms with Crippen LogP contribution in [0.2, 0.25) is 0 Å². The van der Waals surface area contributed by atoms with Crippen LogP contribution in [0.3, 0.4) is 0 Å². The van der Waals surface area contributed by atoms with Crippen molar-refractivity contribution in [2.75, 3.05) is 12.5 Å². The second-order valence-electron chi connectivity index (χ2n) is 7.75. The zero-order valence-electron chi connectivity index (χ0n) is 14.8. The zero-order chi connectivity index (χ0) is 16.9. The molecule has 0 fully saturated rings. The summed E-state index contributed by atoms with van der Waals surface area (Å²) in [4.78, 5) is 5.04. The highest BCUT2D eigenvalue weighted by Gasteiger charge is 2.43. The molecule has 0 amide bonds. The lowest BCUT2D eigenvalue weighted by Gasteiger charge is -2.50. The molecule has 4 aromatic rings. The lowest BCUT2D eigenvalue weighted by molar-refractivity contribution is 0.748. The summed E-state index contributed by atoms with van der Waals surface area (Å²) in [5.74, 6) is 0. The number of aromatic nitrogens is 2. The smallest absolute Gasteiger partial charge is 0.146 e.